The third kappa shape index (κ3) is 4.31. The minimum absolute atomic E-state index is 0.161. The molecule has 0 aliphatic heterocycles. The Kier molecular flexibility index (Phi) is 5.65. The van der Waals surface area contributed by atoms with Crippen LogP contribution in [-0.2, 0) is 19.4 Å². The van der Waals surface area contributed by atoms with Crippen LogP contribution in [0.1, 0.15) is 29.3 Å². The number of aromatic nitrogens is 1. The first kappa shape index (κ1) is 19.8. The van der Waals surface area contributed by atoms with Crippen LogP contribution >= 0.6 is 0 Å². The molecule has 28 heavy (non-hydrogen) atoms. The predicted octanol–water partition coefficient (Wildman–Crippen LogP) is 3.45. The van der Waals surface area contributed by atoms with Crippen LogP contribution in [0, 0.1) is 6.92 Å². The van der Waals surface area contributed by atoms with Crippen molar-refractivity contribution in [3.8, 4) is 0 Å². The first-order chi connectivity index (χ1) is 13.3. The van der Waals surface area contributed by atoms with E-state index < -0.39 is 21.9 Å². The third-order valence-corrected chi connectivity index (χ3v) is 6.22. The summed E-state index contributed by atoms with van der Waals surface area (Å²) in [5.41, 5.74) is 2.19. The summed E-state index contributed by atoms with van der Waals surface area (Å²) in [5, 5.41) is 0.748. The standard InChI is InChI=1S/C21H21NO5S/c1-14-7-9-16(10-8-14)28(25,26)12-11-20(23)27-15(2)21(24)18-13-22-19-6-4-3-5-17(18)19/h3-10,13,15,22H,11-12H2,1-2H3/t15-/m0/s1. The Morgan fingerprint density at radius 2 is 1.75 bits per heavy atom. The number of sulfone groups is 1. The number of hydrogen-bond donors (Lipinski definition) is 1. The number of rotatable bonds is 7. The molecule has 0 bridgehead atoms. The highest BCUT2D eigenvalue weighted by molar-refractivity contribution is 7.91. The van der Waals surface area contributed by atoms with Gasteiger partial charge in [0.1, 0.15) is 0 Å². The minimum Gasteiger partial charge on any atom is -0.454 e. The topological polar surface area (TPSA) is 93.3 Å². The molecule has 0 aliphatic rings. The van der Waals surface area contributed by atoms with Crippen molar-refractivity contribution in [2.75, 3.05) is 5.75 Å². The van der Waals surface area contributed by atoms with Gasteiger partial charge in [-0.25, -0.2) is 8.42 Å². The molecule has 0 saturated heterocycles. The van der Waals surface area contributed by atoms with Crippen LogP contribution in [0.5, 0.6) is 0 Å². The number of aryl methyl sites for hydroxylation is 1. The largest absolute Gasteiger partial charge is 0.454 e. The summed E-state index contributed by atoms with van der Waals surface area (Å²) in [5.74, 6) is -1.44. The van der Waals surface area contributed by atoms with Crippen LogP contribution in [-0.4, -0.2) is 37.0 Å². The molecule has 0 saturated carbocycles. The minimum atomic E-state index is -3.59. The normalized spacial score (nSPS) is 12.6. The molecule has 7 heteroatoms. The Labute approximate surface area is 163 Å². The maximum Gasteiger partial charge on any atom is 0.307 e. The molecule has 3 aromatic rings. The second-order valence-corrected chi connectivity index (χ2v) is 8.74. The molecule has 1 N–H and O–H groups in total. The van der Waals surface area contributed by atoms with Crippen molar-refractivity contribution < 1.29 is 22.7 Å². The van der Waals surface area contributed by atoms with Gasteiger partial charge in [0.2, 0.25) is 5.78 Å². The molecule has 0 radical (unpaired) electrons. The van der Waals surface area contributed by atoms with Gasteiger partial charge in [-0.1, -0.05) is 35.9 Å². The fourth-order valence-corrected chi connectivity index (χ4v) is 4.11. The molecule has 2 aromatic carbocycles. The number of hydrogen-bond acceptors (Lipinski definition) is 5. The molecule has 0 aliphatic carbocycles. The maximum absolute atomic E-state index is 12.6. The molecule has 0 unspecified atom stereocenters. The van der Waals surface area contributed by atoms with Crippen molar-refractivity contribution in [3.63, 3.8) is 0 Å². The molecule has 3 rings (SSSR count). The Bertz CT molecular complexity index is 1110. The monoisotopic (exact) mass is 399 g/mol. The van der Waals surface area contributed by atoms with E-state index >= 15 is 0 Å². The van der Waals surface area contributed by atoms with E-state index in [0.717, 1.165) is 16.5 Å². The lowest BCUT2D eigenvalue weighted by molar-refractivity contribution is -0.145. The van der Waals surface area contributed by atoms with Gasteiger partial charge in [-0.15, -0.1) is 0 Å². The maximum atomic E-state index is 12.6. The highest BCUT2D eigenvalue weighted by Gasteiger charge is 2.23. The van der Waals surface area contributed by atoms with Gasteiger partial charge >= 0.3 is 5.97 Å². The molecule has 1 aromatic heterocycles. The summed E-state index contributed by atoms with van der Waals surface area (Å²) in [6, 6.07) is 13.8. The Morgan fingerprint density at radius 1 is 1.07 bits per heavy atom. The van der Waals surface area contributed by atoms with Crippen LogP contribution < -0.4 is 0 Å². The summed E-state index contributed by atoms with van der Waals surface area (Å²) in [6.45, 7) is 3.34. The van der Waals surface area contributed by atoms with Crippen molar-refractivity contribution in [1.82, 2.24) is 4.98 Å². The van der Waals surface area contributed by atoms with Gasteiger partial charge in [-0.3, -0.25) is 9.59 Å². The van der Waals surface area contributed by atoms with Crippen molar-refractivity contribution in [2.45, 2.75) is 31.3 Å². The second-order valence-electron chi connectivity index (χ2n) is 6.63. The van der Waals surface area contributed by atoms with E-state index in [-0.39, 0.29) is 22.9 Å². The number of nitrogens with one attached hydrogen (secondary N) is 1. The lowest BCUT2D eigenvalue weighted by Gasteiger charge is -2.12. The molecular weight excluding hydrogens is 378 g/mol. The van der Waals surface area contributed by atoms with Gasteiger partial charge in [0, 0.05) is 22.7 Å². The zero-order chi connectivity index (χ0) is 20.3. The van der Waals surface area contributed by atoms with Crippen LogP contribution in [0.25, 0.3) is 10.9 Å². The zero-order valence-corrected chi connectivity index (χ0v) is 16.5. The molecule has 146 valence electrons. The number of H-pyrrole nitrogens is 1. The lowest BCUT2D eigenvalue weighted by atomic mass is 10.1. The summed E-state index contributed by atoms with van der Waals surface area (Å²) < 4.78 is 29.8. The number of carbonyl (C=O) groups excluding carboxylic acids is 2. The Hall–Kier alpha value is -2.93. The number of ketones is 1. The average Bonchev–Trinajstić information content (AvgIpc) is 3.10. The number of esters is 1. The summed E-state index contributed by atoms with van der Waals surface area (Å²) in [4.78, 5) is 27.8. The van der Waals surface area contributed by atoms with Gasteiger partial charge in [0.15, 0.2) is 15.9 Å². The quantitative estimate of drug-likeness (QED) is 0.485. The van der Waals surface area contributed by atoms with Crippen LogP contribution in [0.2, 0.25) is 0 Å². The zero-order valence-electron chi connectivity index (χ0n) is 15.6. The fraction of sp³-hybridized carbons (Fsp3) is 0.238. The van der Waals surface area contributed by atoms with Gasteiger partial charge < -0.3 is 9.72 Å². The summed E-state index contributed by atoms with van der Waals surface area (Å²) >= 11 is 0. The van der Waals surface area contributed by atoms with Gasteiger partial charge in [0.05, 0.1) is 17.1 Å². The lowest BCUT2D eigenvalue weighted by Crippen LogP contribution is -2.25. The second kappa shape index (κ2) is 7.98. The van der Waals surface area contributed by atoms with E-state index in [0.29, 0.717) is 5.56 Å². The first-order valence-electron chi connectivity index (χ1n) is 8.87. The molecule has 0 amide bonds. The van der Waals surface area contributed by atoms with Gasteiger partial charge in [-0.2, -0.15) is 0 Å². The number of ether oxygens (including phenoxy) is 1. The van der Waals surface area contributed by atoms with Crippen LogP contribution in [0.3, 0.4) is 0 Å². The number of aromatic amines is 1. The number of Topliss-reactive ketones (excluding diaryl/α,β-unsaturated/α-hetero) is 1. The number of para-hydroxylation sites is 1. The number of benzene rings is 2. The Morgan fingerprint density at radius 3 is 2.46 bits per heavy atom. The van der Waals surface area contributed by atoms with E-state index in [2.05, 4.69) is 4.98 Å². The van der Waals surface area contributed by atoms with Crippen molar-refractivity contribution in [1.29, 1.82) is 0 Å². The average molecular weight is 399 g/mol. The van der Waals surface area contributed by atoms with E-state index in [9.17, 15) is 18.0 Å². The van der Waals surface area contributed by atoms with E-state index in [1.54, 1.807) is 18.3 Å². The highest BCUT2D eigenvalue weighted by Crippen LogP contribution is 2.20. The molecule has 6 nitrogen and oxygen atoms in total. The highest BCUT2D eigenvalue weighted by atomic mass is 32.2. The van der Waals surface area contributed by atoms with Crippen molar-refractivity contribution in [3.05, 3.63) is 65.9 Å². The predicted molar refractivity (Wildman–Crippen MR) is 106 cm³/mol. The summed E-state index contributed by atoms with van der Waals surface area (Å²) in [6.07, 6.45) is 0.259. The molecule has 1 heterocycles. The van der Waals surface area contributed by atoms with E-state index in [1.807, 2.05) is 31.2 Å². The molecule has 1 atom stereocenters. The third-order valence-electron chi connectivity index (χ3n) is 4.49. The SMILES string of the molecule is Cc1ccc(S(=O)(=O)CCC(=O)O[C@@H](C)C(=O)c2c[nH]c3ccccc23)cc1. The smallest absolute Gasteiger partial charge is 0.307 e. The molecule has 0 fully saturated rings. The molecular formula is C21H21NO5S. The van der Waals surface area contributed by atoms with Gasteiger partial charge in [0.25, 0.3) is 0 Å². The van der Waals surface area contributed by atoms with Crippen molar-refractivity contribution >= 4 is 32.5 Å². The number of carbonyl (C=O) groups is 2. The Balaban J connectivity index is 1.61. The first-order valence-corrected chi connectivity index (χ1v) is 10.5. The molecule has 0 spiro atoms. The van der Waals surface area contributed by atoms with Crippen molar-refractivity contribution in [2.24, 2.45) is 0 Å². The van der Waals surface area contributed by atoms with E-state index in [1.165, 1.54) is 19.1 Å². The summed E-state index contributed by atoms with van der Waals surface area (Å²) in [7, 11) is -3.59. The van der Waals surface area contributed by atoms with Crippen LogP contribution in [0.4, 0.5) is 0 Å². The fourth-order valence-electron chi connectivity index (χ4n) is 2.89. The van der Waals surface area contributed by atoms with Crippen LogP contribution in [0.15, 0.2) is 59.6 Å². The van der Waals surface area contributed by atoms with Gasteiger partial charge in [-0.05, 0) is 32.0 Å². The number of fused-ring (bicyclic) bond motifs is 1. The van der Waals surface area contributed by atoms with E-state index in [4.69, 9.17) is 4.74 Å².